The minimum atomic E-state index is -1.86. The van der Waals surface area contributed by atoms with Crippen molar-refractivity contribution in [2.24, 2.45) is 0 Å². The number of hydrogen-bond donors (Lipinski definition) is 0. The SMILES string of the molecule is C[Si](C)(Cl)N1CCCc2ccc3cccnc3c21. The second kappa shape index (κ2) is 4.25. The molecule has 94 valence electrons. The van der Waals surface area contributed by atoms with Crippen LogP contribution in [-0.2, 0) is 6.42 Å². The molecule has 0 N–H and O–H groups in total. The maximum Gasteiger partial charge on any atom is 0.249 e. The van der Waals surface area contributed by atoms with Crippen LogP contribution in [0.2, 0.25) is 13.1 Å². The molecule has 0 aliphatic carbocycles. The number of hydrogen-bond acceptors (Lipinski definition) is 2. The third-order valence-corrected chi connectivity index (χ3v) is 5.91. The van der Waals surface area contributed by atoms with Gasteiger partial charge in [0.2, 0.25) is 7.55 Å². The van der Waals surface area contributed by atoms with Crippen molar-refractivity contribution >= 4 is 35.2 Å². The first-order valence-electron chi connectivity index (χ1n) is 6.40. The summed E-state index contributed by atoms with van der Waals surface area (Å²) in [5, 5.41) is 1.21. The van der Waals surface area contributed by atoms with E-state index in [-0.39, 0.29) is 0 Å². The molecule has 1 aliphatic rings. The fourth-order valence-corrected chi connectivity index (χ4v) is 4.72. The zero-order chi connectivity index (χ0) is 12.8. The first-order valence-corrected chi connectivity index (χ1v) is 10.4. The van der Waals surface area contributed by atoms with E-state index >= 15 is 0 Å². The van der Waals surface area contributed by atoms with Crippen LogP contribution in [0.15, 0.2) is 30.5 Å². The van der Waals surface area contributed by atoms with E-state index in [0.717, 1.165) is 18.5 Å². The van der Waals surface area contributed by atoms with Crippen LogP contribution in [-0.4, -0.2) is 19.1 Å². The summed E-state index contributed by atoms with van der Waals surface area (Å²) >= 11 is 6.68. The molecule has 0 saturated carbocycles. The predicted molar refractivity (Wildman–Crippen MR) is 80.7 cm³/mol. The van der Waals surface area contributed by atoms with Crippen LogP contribution in [0.1, 0.15) is 12.0 Å². The number of rotatable bonds is 1. The summed E-state index contributed by atoms with van der Waals surface area (Å²) in [6.07, 6.45) is 4.20. The lowest BCUT2D eigenvalue weighted by atomic mass is 10.0. The molecule has 2 heterocycles. The van der Waals surface area contributed by atoms with Gasteiger partial charge in [-0.1, -0.05) is 18.2 Å². The molecule has 3 rings (SSSR count). The molecule has 0 atom stereocenters. The Balaban J connectivity index is 2.28. The highest BCUT2D eigenvalue weighted by Gasteiger charge is 2.32. The van der Waals surface area contributed by atoms with E-state index in [2.05, 4.69) is 40.8 Å². The second-order valence-electron chi connectivity index (χ2n) is 5.31. The number of fused-ring (bicyclic) bond motifs is 3. The zero-order valence-electron chi connectivity index (χ0n) is 10.8. The van der Waals surface area contributed by atoms with E-state index in [0.29, 0.717) is 0 Å². The van der Waals surface area contributed by atoms with E-state index in [1.807, 2.05) is 12.3 Å². The number of halogens is 1. The summed E-state index contributed by atoms with van der Waals surface area (Å²) in [5.41, 5.74) is 3.79. The van der Waals surface area contributed by atoms with Crippen molar-refractivity contribution in [3.8, 4) is 0 Å². The number of benzene rings is 1. The summed E-state index contributed by atoms with van der Waals surface area (Å²) in [6, 6.07) is 8.53. The molecule has 1 aromatic heterocycles. The van der Waals surface area contributed by atoms with Crippen molar-refractivity contribution in [1.29, 1.82) is 0 Å². The lowest BCUT2D eigenvalue weighted by Gasteiger charge is -2.39. The maximum absolute atomic E-state index is 6.68. The molecule has 0 bridgehead atoms. The fraction of sp³-hybridized carbons (Fsp3) is 0.357. The third kappa shape index (κ3) is 1.91. The first-order chi connectivity index (χ1) is 8.57. The molecule has 1 aromatic carbocycles. The summed E-state index contributed by atoms with van der Waals surface area (Å²) in [5.74, 6) is 0. The van der Waals surface area contributed by atoms with E-state index in [1.165, 1.54) is 23.1 Å². The van der Waals surface area contributed by atoms with Crippen LogP contribution in [0.4, 0.5) is 5.69 Å². The van der Waals surface area contributed by atoms with Gasteiger partial charge in [-0.3, -0.25) is 4.98 Å². The molecule has 0 fully saturated rings. The molecule has 0 unspecified atom stereocenters. The van der Waals surface area contributed by atoms with Crippen molar-refractivity contribution in [2.45, 2.75) is 25.9 Å². The highest BCUT2D eigenvalue weighted by molar-refractivity contribution is 7.20. The van der Waals surface area contributed by atoms with Crippen molar-refractivity contribution in [1.82, 2.24) is 4.98 Å². The Hall–Kier alpha value is -1.06. The van der Waals surface area contributed by atoms with Gasteiger partial charge in [-0.2, -0.15) is 0 Å². The first kappa shape index (κ1) is 12.0. The van der Waals surface area contributed by atoms with E-state index in [4.69, 9.17) is 11.1 Å². The number of aryl methyl sites for hydroxylation is 1. The van der Waals surface area contributed by atoms with Crippen molar-refractivity contribution < 1.29 is 0 Å². The number of anilines is 1. The van der Waals surface area contributed by atoms with Gasteiger partial charge in [0, 0.05) is 18.1 Å². The Morgan fingerprint density at radius 3 is 2.89 bits per heavy atom. The molecule has 0 spiro atoms. The lowest BCUT2D eigenvalue weighted by Crippen LogP contribution is -2.47. The largest absolute Gasteiger partial charge is 0.384 e. The number of pyridine rings is 1. The van der Waals surface area contributed by atoms with Gasteiger partial charge in [-0.05, 0) is 37.6 Å². The van der Waals surface area contributed by atoms with Gasteiger partial charge in [-0.15, -0.1) is 11.1 Å². The molecular formula is C14H17ClN2Si. The van der Waals surface area contributed by atoms with Crippen LogP contribution >= 0.6 is 11.1 Å². The van der Waals surface area contributed by atoms with Gasteiger partial charge in [0.05, 0.1) is 11.2 Å². The smallest absolute Gasteiger partial charge is 0.249 e. The average Bonchev–Trinajstić information content (AvgIpc) is 2.36. The van der Waals surface area contributed by atoms with Crippen LogP contribution in [0, 0.1) is 0 Å². The van der Waals surface area contributed by atoms with Gasteiger partial charge in [-0.25, -0.2) is 0 Å². The maximum atomic E-state index is 6.68. The molecule has 0 radical (unpaired) electrons. The Morgan fingerprint density at radius 2 is 2.11 bits per heavy atom. The number of aromatic nitrogens is 1. The molecule has 18 heavy (non-hydrogen) atoms. The quantitative estimate of drug-likeness (QED) is 0.580. The lowest BCUT2D eigenvalue weighted by molar-refractivity contribution is 0.784. The minimum absolute atomic E-state index is 1.06. The van der Waals surface area contributed by atoms with E-state index in [9.17, 15) is 0 Å². The topological polar surface area (TPSA) is 16.1 Å². The van der Waals surface area contributed by atoms with Crippen LogP contribution < -0.4 is 4.57 Å². The van der Waals surface area contributed by atoms with Gasteiger partial charge in [0.25, 0.3) is 0 Å². The summed E-state index contributed by atoms with van der Waals surface area (Å²) < 4.78 is 2.42. The minimum Gasteiger partial charge on any atom is -0.384 e. The van der Waals surface area contributed by atoms with E-state index < -0.39 is 7.55 Å². The van der Waals surface area contributed by atoms with Crippen LogP contribution in [0.3, 0.4) is 0 Å². The molecule has 0 saturated heterocycles. The van der Waals surface area contributed by atoms with Gasteiger partial charge in [0.15, 0.2) is 0 Å². The normalized spacial score (nSPS) is 15.8. The van der Waals surface area contributed by atoms with Crippen LogP contribution in [0.25, 0.3) is 10.9 Å². The Morgan fingerprint density at radius 1 is 1.28 bits per heavy atom. The third-order valence-electron chi connectivity index (χ3n) is 3.57. The fourth-order valence-electron chi connectivity index (χ4n) is 2.75. The average molecular weight is 277 g/mol. The van der Waals surface area contributed by atoms with Crippen molar-refractivity contribution in [3.63, 3.8) is 0 Å². The molecule has 2 nitrogen and oxygen atoms in total. The Labute approximate surface area is 113 Å². The van der Waals surface area contributed by atoms with Crippen LogP contribution in [0.5, 0.6) is 0 Å². The molecule has 2 aromatic rings. The molecular weight excluding hydrogens is 260 g/mol. The van der Waals surface area contributed by atoms with Crippen molar-refractivity contribution in [3.05, 3.63) is 36.0 Å². The zero-order valence-corrected chi connectivity index (χ0v) is 12.5. The van der Waals surface area contributed by atoms with E-state index in [1.54, 1.807) is 0 Å². The summed E-state index contributed by atoms with van der Waals surface area (Å²) in [4.78, 5) is 4.58. The molecule has 4 heteroatoms. The van der Waals surface area contributed by atoms with Crippen molar-refractivity contribution in [2.75, 3.05) is 11.1 Å². The van der Waals surface area contributed by atoms with Gasteiger partial charge < -0.3 is 4.57 Å². The molecule has 0 amide bonds. The monoisotopic (exact) mass is 276 g/mol. The molecule has 1 aliphatic heterocycles. The number of nitrogens with zero attached hydrogens (tertiary/aromatic N) is 2. The summed E-state index contributed by atoms with van der Waals surface area (Å²) in [6.45, 7) is 5.43. The second-order valence-corrected chi connectivity index (χ2v) is 11.4. The Kier molecular flexibility index (Phi) is 2.83. The highest BCUT2D eigenvalue weighted by atomic mass is 35.6. The predicted octanol–water partition coefficient (Wildman–Crippen LogP) is 3.93. The standard InChI is InChI=1S/C14H17ClN2Si/c1-18(2,15)17-10-4-6-12-8-7-11-5-3-9-16-13(11)14(12)17/h3,5,7-9H,4,6,10H2,1-2H3. The van der Waals surface area contributed by atoms with Gasteiger partial charge >= 0.3 is 0 Å². The highest BCUT2D eigenvalue weighted by Crippen LogP contribution is 2.37. The summed E-state index contributed by atoms with van der Waals surface area (Å²) in [7, 11) is -1.86. The van der Waals surface area contributed by atoms with Gasteiger partial charge in [0.1, 0.15) is 0 Å². The Bertz CT molecular complexity index is 592.